The van der Waals surface area contributed by atoms with Gasteiger partial charge in [-0.15, -0.1) is 0 Å². The Morgan fingerprint density at radius 2 is 0.415 bits per heavy atom. The van der Waals surface area contributed by atoms with Gasteiger partial charge in [-0.1, -0.05) is 167 Å². The molecule has 0 unspecified atom stereocenters. The summed E-state index contributed by atoms with van der Waals surface area (Å²) >= 11 is 0. The monoisotopic (exact) mass is 586 g/mol. The first kappa shape index (κ1) is 40.8. The van der Waals surface area contributed by atoms with Crippen LogP contribution in [0.5, 0.6) is 0 Å². The number of unbranched alkanes of at least 4 members (excludes halogenated alkanes) is 28. The van der Waals surface area contributed by atoms with Gasteiger partial charge in [-0.2, -0.15) is 0 Å². The van der Waals surface area contributed by atoms with Crippen LogP contribution in [0.1, 0.15) is 205 Å². The van der Waals surface area contributed by atoms with E-state index in [-0.39, 0.29) is 0 Å². The maximum absolute atomic E-state index is 8.82. The molecule has 248 valence electrons. The summed E-state index contributed by atoms with van der Waals surface area (Å²) < 4.78 is 0. The molecule has 0 fully saturated rings. The van der Waals surface area contributed by atoms with E-state index in [1.165, 1.54) is 180 Å². The van der Waals surface area contributed by atoms with Crippen LogP contribution in [-0.2, 0) is 0 Å². The number of rotatable bonds is 36. The minimum atomic E-state index is -1.11. The van der Waals surface area contributed by atoms with Gasteiger partial charge in [0.15, 0.2) is 12.6 Å². The molecule has 0 aliphatic heterocycles. The van der Waals surface area contributed by atoms with Gasteiger partial charge in [-0.05, 0) is 51.6 Å². The highest BCUT2D eigenvalue weighted by atomic mass is 16.5. The van der Waals surface area contributed by atoms with Crippen LogP contribution in [0.15, 0.2) is 0 Å². The standard InChI is InChI=1S/C36H75NO4/c38-35(39)31-27-23-19-15-11-7-3-1-5-9-13-17-21-25-29-33-37-34-30-26-22-18-14-10-6-2-4-8-12-16-20-24-28-32-36(40)41/h35-41H,1-34H2. The summed E-state index contributed by atoms with van der Waals surface area (Å²) in [6, 6.07) is 0. The fraction of sp³-hybridized carbons (Fsp3) is 1.00. The highest BCUT2D eigenvalue weighted by molar-refractivity contribution is 4.54. The van der Waals surface area contributed by atoms with Crippen LogP contribution in [0.4, 0.5) is 0 Å². The molecule has 0 aromatic carbocycles. The molecule has 0 spiro atoms. The molecule has 0 heterocycles. The Bertz CT molecular complexity index is 421. The molecule has 0 atom stereocenters. The van der Waals surface area contributed by atoms with Crippen LogP contribution in [0, 0.1) is 0 Å². The molecule has 5 N–H and O–H groups in total. The van der Waals surface area contributed by atoms with Gasteiger partial charge in [0.2, 0.25) is 0 Å². The summed E-state index contributed by atoms with van der Waals surface area (Å²) in [6.07, 6.45) is 38.8. The van der Waals surface area contributed by atoms with Crippen LogP contribution >= 0.6 is 0 Å². The van der Waals surface area contributed by atoms with E-state index < -0.39 is 12.6 Å². The predicted molar refractivity (Wildman–Crippen MR) is 177 cm³/mol. The average Bonchev–Trinajstić information content (AvgIpc) is 2.94. The molecule has 0 radical (unpaired) electrons. The Balaban J connectivity index is 3.03. The molecule has 0 aromatic rings. The second-order valence-corrected chi connectivity index (χ2v) is 12.9. The first-order valence-electron chi connectivity index (χ1n) is 18.6. The van der Waals surface area contributed by atoms with Gasteiger partial charge < -0.3 is 25.7 Å². The van der Waals surface area contributed by atoms with Crippen LogP contribution in [0.2, 0.25) is 0 Å². The van der Waals surface area contributed by atoms with Crippen molar-refractivity contribution < 1.29 is 20.4 Å². The van der Waals surface area contributed by atoms with E-state index in [0.717, 1.165) is 25.7 Å². The summed E-state index contributed by atoms with van der Waals surface area (Å²) in [7, 11) is 0. The molecule has 0 saturated carbocycles. The lowest BCUT2D eigenvalue weighted by Crippen LogP contribution is -2.16. The molecule has 0 rings (SSSR count). The Labute approximate surface area is 256 Å². The summed E-state index contributed by atoms with van der Waals surface area (Å²) in [5.41, 5.74) is 0. The largest absolute Gasteiger partial charge is 0.368 e. The van der Waals surface area contributed by atoms with Crippen molar-refractivity contribution in [1.29, 1.82) is 0 Å². The van der Waals surface area contributed by atoms with Crippen molar-refractivity contribution in [2.75, 3.05) is 13.1 Å². The molecule has 0 saturated heterocycles. The number of nitrogens with one attached hydrogen (secondary N) is 1. The van der Waals surface area contributed by atoms with Crippen LogP contribution in [-0.4, -0.2) is 46.1 Å². The van der Waals surface area contributed by atoms with E-state index in [1.807, 2.05) is 0 Å². The van der Waals surface area contributed by atoms with E-state index in [4.69, 9.17) is 20.4 Å². The lowest BCUT2D eigenvalue weighted by molar-refractivity contribution is -0.0472. The topological polar surface area (TPSA) is 93.0 Å². The van der Waals surface area contributed by atoms with Crippen molar-refractivity contribution in [3.05, 3.63) is 0 Å². The smallest absolute Gasteiger partial charge is 0.151 e. The van der Waals surface area contributed by atoms with Crippen molar-refractivity contribution in [2.45, 2.75) is 218 Å². The Morgan fingerprint density at radius 1 is 0.244 bits per heavy atom. The van der Waals surface area contributed by atoms with Gasteiger partial charge in [0.25, 0.3) is 0 Å². The maximum Gasteiger partial charge on any atom is 0.151 e. The first-order valence-corrected chi connectivity index (χ1v) is 18.6. The average molecular weight is 586 g/mol. The van der Waals surface area contributed by atoms with Gasteiger partial charge in [-0.25, -0.2) is 0 Å². The molecule has 5 nitrogen and oxygen atoms in total. The zero-order valence-corrected chi connectivity index (χ0v) is 27.5. The number of aliphatic hydroxyl groups is 4. The van der Waals surface area contributed by atoms with Crippen molar-refractivity contribution >= 4 is 0 Å². The molecule has 0 bridgehead atoms. The third kappa shape index (κ3) is 39.8. The van der Waals surface area contributed by atoms with E-state index in [9.17, 15) is 0 Å². The lowest BCUT2D eigenvalue weighted by Gasteiger charge is -2.06. The SMILES string of the molecule is OC(O)CCCCCCCCCCCCCCCCCNCCCCCCCCCCCCCCCCCC(O)O. The lowest BCUT2D eigenvalue weighted by atomic mass is 10.0. The van der Waals surface area contributed by atoms with Crippen LogP contribution in [0.3, 0.4) is 0 Å². The first-order chi connectivity index (χ1) is 20.1. The minimum absolute atomic E-state index is 0.532. The minimum Gasteiger partial charge on any atom is -0.368 e. The summed E-state index contributed by atoms with van der Waals surface area (Å²) in [5, 5.41) is 39.0. The molecule has 0 aromatic heterocycles. The molecular formula is C36H75NO4. The summed E-state index contributed by atoms with van der Waals surface area (Å²) in [5.74, 6) is 0. The zero-order chi connectivity index (χ0) is 29.9. The van der Waals surface area contributed by atoms with Crippen molar-refractivity contribution in [1.82, 2.24) is 5.32 Å². The maximum atomic E-state index is 8.82. The van der Waals surface area contributed by atoms with E-state index in [1.54, 1.807) is 0 Å². The Morgan fingerprint density at radius 3 is 0.610 bits per heavy atom. The highest BCUT2D eigenvalue weighted by Gasteiger charge is 1.99. The van der Waals surface area contributed by atoms with Crippen LogP contribution < -0.4 is 5.32 Å². The predicted octanol–water partition coefficient (Wildman–Crippen LogP) is 9.68. The molecule has 41 heavy (non-hydrogen) atoms. The van der Waals surface area contributed by atoms with Crippen LogP contribution in [0.25, 0.3) is 0 Å². The molecule has 0 aliphatic rings. The number of hydrogen-bond acceptors (Lipinski definition) is 5. The fourth-order valence-corrected chi connectivity index (χ4v) is 5.88. The molecule has 0 amide bonds. The number of hydrogen-bond donors (Lipinski definition) is 5. The number of aliphatic hydroxyl groups excluding tert-OH is 2. The van der Waals surface area contributed by atoms with E-state index >= 15 is 0 Å². The van der Waals surface area contributed by atoms with Crippen molar-refractivity contribution in [2.24, 2.45) is 0 Å². The van der Waals surface area contributed by atoms with Gasteiger partial charge in [0.1, 0.15) is 0 Å². The van der Waals surface area contributed by atoms with Crippen molar-refractivity contribution in [3.8, 4) is 0 Å². The third-order valence-electron chi connectivity index (χ3n) is 8.63. The second kappa shape index (κ2) is 36.0. The van der Waals surface area contributed by atoms with E-state index in [2.05, 4.69) is 5.32 Å². The third-order valence-corrected chi connectivity index (χ3v) is 8.63. The normalized spacial score (nSPS) is 11.9. The Hall–Kier alpha value is -0.200. The second-order valence-electron chi connectivity index (χ2n) is 12.9. The summed E-state index contributed by atoms with van der Waals surface area (Å²) in [6.45, 7) is 2.41. The molecule has 5 heteroatoms. The van der Waals surface area contributed by atoms with Gasteiger partial charge >= 0.3 is 0 Å². The van der Waals surface area contributed by atoms with Crippen molar-refractivity contribution in [3.63, 3.8) is 0 Å². The summed E-state index contributed by atoms with van der Waals surface area (Å²) in [4.78, 5) is 0. The molecular weight excluding hydrogens is 510 g/mol. The van der Waals surface area contributed by atoms with Gasteiger partial charge in [0, 0.05) is 0 Å². The highest BCUT2D eigenvalue weighted by Crippen LogP contribution is 2.15. The Kier molecular flexibility index (Phi) is 35.8. The fourth-order valence-electron chi connectivity index (χ4n) is 5.88. The van der Waals surface area contributed by atoms with Gasteiger partial charge in [-0.3, -0.25) is 0 Å². The zero-order valence-electron chi connectivity index (χ0n) is 27.5. The van der Waals surface area contributed by atoms with E-state index in [0.29, 0.717) is 12.8 Å². The quantitative estimate of drug-likeness (QED) is 0.0373. The molecule has 0 aliphatic carbocycles. The van der Waals surface area contributed by atoms with Gasteiger partial charge in [0.05, 0.1) is 0 Å².